The Morgan fingerprint density at radius 2 is 1.92 bits per heavy atom. The molecule has 0 spiro atoms. The zero-order chi connectivity index (χ0) is 17.3. The highest BCUT2D eigenvalue weighted by Crippen LogP contribution is 2.27. The number of aromatic nitrogens is 2. The van der Waals surface area contributed by atoms with Crippen molar-refractivity contribution in [1.82, 2.24) is 9.97 Å². The van der Waals surface area contributed by atoms with Crippen LogP contribution in [-0.2, 0) is 10.4 Å². The number of nitrogens with one attached hydrogen (secondary N) is 1. The van der Waals surface area contributed by atoms with E-state index in [1.54, 1.807) is 26.0 Å². The van der Waals surface area contributed by atoms with Gasteiger partial charge in [-0.3, -0.25) is 4.79 Å². The minimum Gasteiger partial charge on any atom is -0.386 e. The highest BCUT2D eigenvalue weighted by molar-refractivity contribution is 5.96. The van der Waals surface area contributed by atoms with Crippen molar-refractivity contribution in [1.29, 1.82) is 0 Å². The summed E-state index contributed by atoms with van der Waals surface area (Å²) < 4.78 is 0. The van der Waals surface area contributed by atoms with E-state index in [0.717, 1.165) is 33.3 Å². The first-order valence-electron chi connectivity index (χ1n) is 7.83. The van der Waals surface area contributed by atoms with Crippen LogP contribution in [0, 0.1) is 0 Å². The summed E-state index contributed by atoms with van der Waals surface area (Å²) in [6, 6.07) is 9.86. The second-order valence-corrected chi connectivity index (χ2v) is 6.44. The number of ketones is 1. The SMILES string of the molecule is CC(=O)/C=C/c1c[nH]c2ncc(-c3ccc(C(C)(C)O)cc3)cc12. The van der Waals surface area contributed by atoms with E-state index < -0.39 is 5.60 Å². The molecule has 0 aliphatic heterocycles. The predicted molar refractivity (Wildman–Crippen MR) is 96.5 cm³/mol. The fourth-order valence-electron chi connectivity index (χ4n) is 2.60. The number of nitrogens with zero attached hydrogens (tertiary/aromatic N) is 1. The van der Waals surface area contributed by atoms with Gasteiger partial charge in [-0.25, -0.2) is 4.98 Å². The molecule has 0 aliphatic rings. The number of pyridine rings is 1. The van der Waals surface area contributed by atoms with Crippen molar-refractivity contribution in [2.24, 2.45) is 0 Å². The molecular formula is C20H20N2O2. The van der Waals surface area contributed by atoms with Gasteiger partial charge in [0, 0.05) is 28.9 Å². The van der Waals surface area contributed by atoms with Crippen molar-refractivity contribution >= 4 is 22.9 Å². The summed E-state index contributed by atoms with van der Waals surface area (Å²) in [5, 5.41) is 11.0. The molecule has 0 saturated carbocycles. The van der Waals surface area contributed by atoms with Gasteiger partial charge < -0.3 is 10.1 Å². The first-order chi connectivity index (χ1) is 11.3. The summed E-state index contributed by atoms with van der Waals surface area (Å²) in [7, 11) is 0. The molecule has 1 aromatic carbocycles. The van der Waals surface area contributed by atoms with Crippen LogP contribution < -0.4 is 0 Å². The van der Waals surface area contributed by atoms with Gasteiger partial charge in [0.15, 0.2) is 5.78 Å². The van der Waals surface area contributed by atoms with Crippen LogP contribution in [0.1, 0.15) is 31.9 Å². The second kappa shape index (κ2) is 6.06. The molecule has 2 aromatic heterocycles. The Bertz CT molecular complexity index is 913. The number of hydrogen-bond donors (Lipinski definition) is 2. The van der Waals surface area contributed by atoms with Gasteiger partial charge in [0.2, 0.25) is 0 Å². The number of carbonyl (C=O) groups is 1. The third-order valence-corrected chi connectivity index (χ3v) is 3.99. The molecule has 4 heteroatoms. The summed E-state index contributed by atoms with van der Waals surface area (Å²) in [5.41, 5.74) is 3.75. The van der Waals surface area contributed by atoms with Crippen LogP contribution in [-0.4, -0.2) is 20.9 Å². The number of aliphatic hydroxyl groups is 1. The molecule has 3 rings (SSSR count). The lowest BCUT2D eigenvalue weighted by molar-refractivity contribution is -0.112. The van der Waals surface area contributed by atoms with Gasteiger partial charge in [0.1, 0.15) is 5.65 Å². The molecular weight excluding hydrogens is 300 g/mol. The first-order valence-corrected chi connectivity index (χ1v) is 7.83. The van der Waals surface area contributed by atoms with E-state index in [0.29, 0.717) is 0 Å². The van der Waals surface area contributed by atoms with Crippen LogP contribution in [0.5, 0.6) is 0 Å². The first kappa shape index (κ1) is 16.1. The van der Waals surface area contributed by atoms with Gasteiger partial charge in [-0.15, -0.1) is 0 Å². The molecule has 0 radical (unpaired) electrons. The Labute approximate surface area is 140 Å². The van der Waals surface area contributed by atoms with E-state index >= 15 is 0 Å². The summed E-state index contributed by atoms with van der Waals surface area (Å²) in [6.07, 6.45) is 7.01. The monoisotopic (exact) mass is 320 g/mol. The normalized spacial score (nSPS) is 12.2. The van der Waals surface area contributed by atoms with Crippen LogP contribution in [0.25, 0.3) is 28.2 Å². The van der Waals surface area contributed by atoms with Gasteiger partial charge in [-0.1, -0.05) is 24.3 Å². The van der Waals surface area contributed by atoms with Crippen molar-refractivity contribution < 1.29 is 9.90 Å². The zero-order valence-electron chi connectivity index (χ0n) is 14.0. The number of fused-ring (bicyclic) bond motifs is 1. The quantitative estimate of drug-likeness (QED) is 0.712. The number of carbonyl (C=O) groups excluding carboxylic acids is 1. The third-order valence-electron chi connectivity index (χ3n) is 3.99. The number of aromatic amines is 1. The van der Waals surface area contributed by atoms with Crippen LogP contribution in [0.3, 0.4) is 0 Å². The third kappa shape index (κ3) is 3.29. The second-order valence-electron chi connectivity index (χ2n) is 6.44. The highest BCUT2D eigenvalue weighted by atomic mass is 16.3. The molecule has 2 N–H and O–H groups in total. The van der Waals surface area contributed by atoms with E-state index in [1.807, 2.05) is 36.7 Å². The smallest absolute Gasteiger partial charge is 0.152 e. The van der Waals surface area contributed by atoms with E-state index in [1.165, 1.54) is 6.92 Å². The molecule has 4 nitrogen and oxygen atoms in total. The number of hydrogen-bond acceptors (Lipinski definition) is 3. The molecule has 0 unspecified atom stereocenters. The minimum absolute atomic E-state index is 0.00988. The molecule has 0 amide bonds. The van der Waals surface area contributed by atoms with Gasteiger partial charge >= 0.3 is 0 Å². The molecule has 3 aromatic rings. The topological polar surface area (TPSA) is 66.0 Å². The molecule has 122 valence electrons. The number of rotatable bonds is 4. The van der Waals surface area contributed by atoms with E-state index in [9.17, 15) is 9.90 Å². The van der Waals surface area contributed by atoms with E-state index in [-0.39, 0.29) is 5.78 Å². The number of allylic oxidation sites excluding steroid dienone is 1. The minimum atomic E-state index is -0.855. The Morgan fingerprint density at radius 3 is 2.54 bits per heavy atom. The van der Waals surface area contributed by atoms with Gasteiger partial charge in [0.05, 0.1) is 5.60 Å². The van der Waals surface area contributed by atoms with Crippen molar-refractivity contribution in [3.63, 3.8) is 0 Å². The average Bonchev–Trinajstić information content (AvgIpc) is 2.94. The maximum atomic E-state index is 11.1. The number of benzene rings is 1. The molecule has 0 atom stereocenters. The van der Waals surface area contributed by atoms with Crippen LogP contribution >= 0.6 is 0 Å². The fourth-order valence-corrected chi connectivity index (χ4v) is 2.60. The zero-order valence-corrected chi connectivity index (χ0v) is 14.0. The lowest BCUT2D eigenvalue weighted by Gasteiger charge is -2.17. The lowest BCUT2D eigenvalue weighted by atomic mass is 9.96. The standard InChI is InChI=1S/C20H20N2O2/c1-13(23)4-5-15-11-21-19-18(15)10-16(12-22-19)14-6-8-17(9-7-14)20(2,3)24/h4-12,24H,1-3H3,(H,21,22)/b5-4+. The van der Waals surface area contributed by atoms with Crippen molar-refractivity contribution in [3.8, 4) is 11.1 Å². The molecule has 2 heterocycles. The van der Waals surface area contributed by atoms with Crippen molar-refractivity contribution in [2.75, 3.05) is 0 Å². The van der Waals surface area contributed by atoms with Crippen molar-refractivity contribution in [3.05, 3.63) is 59.9 Å². The van der Waals surface area contributed by atoms with E-state index in [4.69, 9.17) is 0 Å². The number of H-pyrrole nitrogens is 1. The largest absolute Gasteiger partial charge is 0.386 e. The Balaban J connectivity index is 2.01. The molecule has 0 saturated heterocycles. The summed E-state index contributed by atoms with van der Waals surface area (Å²) in [6.45, 7) is 5.06. The summed E-state index contributed by atoms with van der Waals surface area (Å²) in [5.74, 6) is 0.00988. The Kier molecular flexibility index (Phi) is 4.08. The maximum absolute atomic E-state index is 11.1. The van der Waals surface area contributed by atoms with Gasteiger partial charge in [-0.05, 0) is 50.1 Å². The summed E-state index contributed by atoms with van der Waals surface area (Å²) in [4.78, 5) is 18.7. The summed E-state index contributed by atoms with van der Waals surface area (Å²) >= 11 is 0. The van der Waals surface area contributed by atoms with E-state index in [2.05, 4.69) is 16.0 Å². The average molecular weight is 320 g/mol. The van der Waals surface area contributed by atoms with Crippen LogP contribution in [0.4, 0.5) is 0 Å². The van der Waals surface area contributed by atoms with Crippen molar-refractivity contribution in [2.45, 2.75) is 26.4 Å². The molecule has 0 bridgehead atoms. The highest BCUT2D eigenvalue weighted by Gasteiger charge is 2.15. The van der Waals surface area contributed by atoms with Gasteiger partial charge in [0.25, 0.3) is 0 Å². The predicted octanol–water partition coefficient (Wildman–Crippen LogP) is 4.06. The maximum Gasteiger partial charge on any atom is 0.152 e. The Morgan fingerprint density at radius 1 is 1.21 bits per heavy atom. The molecule has 0 aliphatic carbocycles. The molecule has 24 heavy (non-hydrogen) atoms. The molecule has 0 fully saturated rings. The fraction of sp³-hybridized carbons (Fsp3) is 0.200. The Hall–Kier alpha value is -2.72. The van der Waals surface area contributed by atoms with Gasteiger partial charge in [-0.2, -0.15) is 0 Å². The van der Waals surface area contributed by atoms with Crippen LogP contribution in [0.2, 0.25) is 0 Å². The lowest BCUT2D eigenvalue weighted by Crippen LogP contribution is -2.14. The van der Waals surface area contributed by atoms with Crippen LogP contribution in [0.15, 0.2) is 48.8 Å².